The molecule has 0 aliphatic carbocycles. The molecule has 2 rings (SSSR count). The number of hydrogen-bond acceptors (Lipinski definition) is 6. The highest BCUT2D eigenvalue weighted by Crippen LogP contribution is 2.28. The van der Waals surface area contributed by atoms with Crippen molar-refractivity contribution < 1.29 is 28.5 Å². The summed E-state index contributed by atoms with van der Waals surface area (Å²) in [6.07, 6.45) is 3.85. The van der Waals surface area contributed by atoms with Crippen LogP contribution in [0.25, 0.3) is 6.08 Å². The van der Waals surface area contributed by atoms with Crippen LogP contribution in [0.4, 0.5) is 0 Å². The second-order valence-electron chi connectivity index (χ2n) is 7.24. The van der Waals surface area contributed by atoms with E-state index in [0.29, 0.717) is 23.7 Å². The maximum Gasteiger partial charge on any atom is 0.344 e. The van der Waals surface area contributed by atoms with E-state index in [4.69, 9.17) is 18.9 Å². The van der Waals surface area contributed by atoms with E-state index in [2.05, 4.69) is 0 Å². The minimum atomic E-state index is -0.630. The van der Waals surface area contributed by atoms with Crippen molar-refractivity contribution in [1.29, 1.82) is 0 Å². The molecule has 0 N–H and O–H groups in total. The molecule has 2 aromatic rings. The number of allylic oxidation sites excluding steroid dienone is 1. The van der Waals surface area contributed by atoms with Gasteiger partial charge in [0.2, 0.25) is 5.78 Å². The van der Waals surface area contributed by atoms with E-state index in [1.807, 2.05) is 62.6 Å². The lowest BCUT2D eigenvalue weighted by molar-refractivity contribution is -0.144. The van der Waals surface area contributed by atoms with E-state index in [1.165, 1.54) is 7.11 Å². The first-order valence-electron chi connectivity index (χ1n) is 10.1. The van der Waals surface area contributed by atoms with Gasteiger partial charge in [0.05, 0.1) is 19.8 Å². The SMILES string of the molecule is C/C=C/c1ccc(OCC(=O)OCC(=O)c2cc(C)n([C@@H](C)COC)c2C)c(OC)c1. The first kappa shape index (κ1) is 24.2. The number of ketones is 1. The second-order valence-corrected chi connectivity index (χ2v) is 7.24. The molecule has 0 saturated heterocycles. The fourth-order valence-corrected chi connectivity index (χ4v) is 3.56. The van der Waals surface area contributed by atoms with E-state index in [1.54, 1.807) is 13.2 Å². The predicted octanol–water partition coefficient (Wildman–Crippen LogP) is 4.16. The van der Waals surface area contributed by atoms with Crippen molar-refractivity contribution in [1.82, 2.24) is 4.57 Å². The van der Waals surface area contributed by atoms with Crippen LogP contribution in [0.5, 0.6) is 11.5 Å². The molecule has 0 bridgehead atoms. The van der Waals surface area contributed by atoms with Crippen molar-refractivity contribution in [2.24, 2.45) is 0 Å². The van der Waals surface area contributed by atoms with E-state index in [-0.39, 0.29) is 25.0 Å². The molecule has 1 aromatic heterocycles. The number of carbonyl (C=O) groups is 2. The van der Waals surface area contributed by atoms with Crippen molar-refractivity contribution in [2.45, 2.75) is 33.7 Å². The van der Waals surface area contributed by atoms with Crippen LogP contribution in [0, 0.1) is 13.8 Å². The molecule has 0 saturated carbocycles. The molecule has 1 atom stereocenters. The van der Waals surface area contributed by atoms with Gasteiger partial charge < -0.3 is 23.5 Å². The smallest absolute Gasteiger partial charge is 0.344 e. The van der Waals surface area contributed by atoms with Crippen molar-refractivity contribution >= 4 is 17.8 Å². The Balaban J connectivity index is 1.95. The number of carbonyl (C=O) groups excluding carboxylic acids is 2. The number of hydrogen-bond donors (Lipinski definition) is 0. The highest BCUT2D eigenvalue weighted by Gasteiger charge is 2.20. The highest BCUT2D eigenvalue weighted by atomic mass is 16.6. The number of benzene rings is 1. The molecule has 0 spiro atoms. The number of methoxy groups -OCH3 is 2. The fourth-order valence-electron chi connectivity index (χ4n) is 3.56. The Labute approximate surface area is 183 Å². The number of aryl methyl sites for hydroxylation is 1. The minimum Gasteiger partial charge on any atom is -0.493 e. The molecule has 0 unspecified atom stereocenters. The van der Waals surface area contributed by atoms with Crippen LogP contribution in [0.2, 0.25) is 0 Å². The van der Waals surface area contributed by atoms with Crippen molar-refractivity contribution in [3.63, 3.8) is 0 Å². The molecule has 7 nitrogen and oxygen atoms in total. The molecule has 1 heterocycles. The van der Waals surface area contributed by atoms with Gasteiger partial charge in [-0.05, 0) is 51.5 Å². The third-order valence-electron chi connectivity index (χ3n) is 4.89. The van der Waals surface area contributed by atoms with Crippen LogP contribution in [-0.4, -0.2) is 50.4 Å². The zero-order valence-corrected chi connectivity index (χ0v) is 19.1. The summed E-state index contributed by atoms with van der Waals surface area (Å²) < 4.78 is 23.2. The number of rotatable bonds is 11. The largest absolute Gasteiger partial charge is 0.493 e. The normalized spacial score (nSPS) is 12.1. The summed E-state index contributed by atoms with van der Waals surface area (Å²) in [6.45, 7) is 7.63. The third-order valence-corrected chi connectivity index (χ3v) is 4.89. The summed E-state index contributed by atoms with van der Waals surface area (Å²) in [5.41, 5.74) is 3.27. The number of nitrogens with zero attached hydrogens (tertiary/aromatic N) is 1. The maximum absolute atomic E-state index is 12.6. The highest BCUT2D eigenvalue weighted by molar-refractivity contribution is 5.99. The van der Waals surface area contributed by atoms with Gasteiger partial charge in [-0.3, -0.25) is 4.79 Å². The van der Waals surface area contributed by atoms with E-state index < -0.39 is 5.97 Å². The molecule has 0 fully saturated rings. The van der Waals surface area contributed by atoms with Crippen molar-refractivity contribution in [3.8, 4) is 11.5 Å². The predicted molar refractivity (Wildman–Crippen MR) is 119 cm³/mol. The van der Waals surface area contributed by atoms with Crippen molar-refractivity contribution in [3.05, 3.63) is 52.9 Å². The Bertz CT molecular complexity index is 944. The summed E-state index contributed by atoms with van der Waals surface area (Å²) in [5, 5.41) is 0. The van der Waals surface area contributed by atoms with Gasteiger partial charge in [-0.1, -0.05) is 18.2 Å². The Morgan fingerprint density at radius 1 is 1.10 bits per heavy atom. The van der Waals surface area contributed by atoms with Gasteiger partial charge in [0, 0.05) is 24.1 Å². The summed E-state index contributed by atoms with van der Waals surface area (Å²) >= 11 is 0. The zero-order valence-electron chi connectivity index (χ0n) is 19.1. The van der Waals surface area contributed by atoms with Crippen molar-refractivity contribution in [2.75, 3.05) is 34.0 Å². The summed E-state index contributed by atoms with van der Waals surface area (Å²) in [6, 6.07) is 7.29. The molecule has 0 aliphatic rings. The van der Waals surface area contributed by atoms with Gasteiger partial charge in [-0.15, -0.1) is 0 Å². The molecule has 168 valence electrons. The van der Waals surface area contributed by atoms with Crippen LogP contribution in [0.15, 0.2) is 30.3 Å². The quantitative estimate of drug-likeness (QED) is 0.394. The lowest BCUT2D eigenvalue weighted by Crippen LogP contribution is -2.20. The first-order valence-corrected chi connectivity index (χ1v) is 10.1. The number of aromatic nitrogens is 1. The number of Topliss-reactive ketones (excluding diaryl/α,β-unsaturated/α-hetero) is 1. The van der Waals surface area contributed by atoms with E-state index in [0.717, 1.165) is 17.0 Å². The van der Waals surface area contributed by atoms with Gasteiger partial charge in [-0.2, -0.15) is 0 Å². The van der Waals surface area contributed by atoms with Crippen LogP contribution in [0.1, 0.15) is 47.2 Å². The molecule has 0 amide bonds. The Morgan fingerprint density at radius 2 is 1.84 bits per heavy atom. The lowest BCUT2D eigenvalue weighted by atomic mass is 10.1. The molecule has 0 radical (unpaired) electrons. The zero-order chi connectivity index (χ0) is 23.0. The Kier molecular flexibility index (Phi) is 8.88. The average molecular weight is 430 g/mol. The van der Waals surface area contributed by atoms with Crippen LogP contribution in [0.3, 0.4) is 0 Å². The average Bonchev–Trinajstić information content (AvgIpc) is 3.05. The van der Waals surface area contributed by atoms with E-state index >= 15 is 0 Å². The van der Waals surface area contributed by atoms with Gasteiger partial charge in [0.25, 0.3) is 0 Å². The second kappa shape index (κ2) is 11.4. The molecule has 0 aliphatic heterocycles. The topological polar surface area (TPSA) is 76.0 Å². The molecular formula is C24H31NO6. The summed E-state index contributed by atoms with van der Waals surface area (Å²) in [5.74, 6) is 0.0481. The monoisotopic (exact) mass is 429 g/mol. The molecular weight excluding hydrogens is 398 g/mol. The third kappa shape index (κ3) is 6.21. The molecule has 1 aromatic carbocycles. The van der Waals surface area contributed by atoms with Crippen LogP contribution < -0.4 is 9.47 Å². The number of ether oxygens (including phenoxy) is 4. The van der Waals surface area contributed by atoms with Gasteiger partial charge in [0.15, 0.2) is 24.7 Å². The summed E-state index contributed by atoms with van der Waals surface area (Å²) in [7, 11) is 3.17. The summed E-state index contributed by atoms with van der Waals surface area (Å²) in [4.78, 5) is 24.7. The van der Waals surface area contributed by atoms with E-state index in [9.17, 15) is 9.59 Å². The molecule has 7 heteroatoms. The van der Waals surface area contributed by atoms with Gasteiger partial charge >= 0.3 is 5.97 Å². The van der Waals surface area contributed by atoms with Crippen LogP contribution in [-0.2, 0) is 14.3 Å². The molecule has 31 heavy (non-hydrogen) atoms. The Morgan fingerprint density at radius 3 is 2.48 bits per heavy atom. The number of esters is 1. The van der Waals surface area contributed by atoms with Crippen LogP contribution >= 0.6 is 0 Å². The van der Waals surface area contributed by atoms with Gasteiger partial charge in [-0.25, -0.2) is 4.79 Å². The lowest BCUT2D eigenvalue weighted by Gasteiger charge is -2.17. The first-order chi connectivity index (χ1) is 14.8. The maximum atomic E-state index is 12.6. The Hall–Kier alpha value is -3.06. The van der Waals surface area contributed by atoms with Gasteiger partial charge in [0.1, 0.15) is 0 Å². The minimum absolute atomic E-state index is 0.0942. The fraction of sp³-hybridized carbons (Fsp3) is 0.417. The standard InChI is InChI=1S/C24H31NO6/c1-7-8-19-9-10-22(23(12-19)29-6)30-15-24(27)31-14-21(26)20-11-16(2)25(18(20)4)17(3)13-28-5/h7-12,17H,13-15H2,1-6H3/b8-7+/t17-/m0/s1.